The summed E-state index contributed by atoms with van der Waals surface area (Å²) in [7, 11) is 0. The van der Waals surface area contributed by atoms with E-state index in [4.69, 9.17) is 9.47 Å². The van der Waals surface area contributed by atoms with Gasteiger partial charge in [-0.05, 0) is 31.2 Å². The van der Waals surface area contributed by atoms with Gasteiger partial charge in [0.15, 0.2) is 0 Å². The van der Waals surface area contributed by atoms with E-state index in [1.807, 2.05) is 11.0 Å². The van der Waals surface area contributed by atoms with Crippen LogP contribution in [0.1, 0.15) is 30.4 Å². The molecule has 2 fully saturated rings. The molecule has 1 aromatic rings. The Morgan fingerprint density at radius 2 is 2.12 bits per heavy atom. The van der Waals surface area contributed by atoms with Gasteiger partial charge in [0.05, 0.1) is 19.8 Å². The van der Waals surface area contributed by atoms with Crippen molar-refractivity contribution in [3.05, 3.63) is 35.4 Å². The number of carbonyl (C=O) groups excluding carboxylic acids is 1. The average Bonchev–Trinajstić information content (AvgIpc) is 2.63. The molecule has 3 rings (SSSR count). The van der Waals surface area contributed by atoms with Crippen LogP contribution in [0.2, 0.25) is 0 Å². The van der Waals surface area contributed by atoms with Crippen molar-refractivity contribution in [2.45, 2.75) is 38.2 Å². The molecule has 0 unspecified atom stereocenters. The molecule has 2 aliphatic rings. The van der Waals surface area contributed by atoms with Crippen LogP contribution in [0.15, 0.2) is 24.3 Å². The molecule has 1 N–H and O–H groups in total. The van der Waals surface area contributed by atoms with Gasteiger partial charge in [0, 0.05) is 32.6 Å². The molecular formula is C20H29NO4. The molecule has 0 spiro atoms. The first-order valence-corrected chi connectivity index (χ1v) is 9.26. The molecule has 0 bridgehead atoms. The lowest BCUT2D eigenvalue weighted by Gasteiger charge is -2.42. The third-order valence-corrected chi connectivity index (χ3v) is 5.30. The normalized spacial score (nSPS) is 25.1. The Kier molecular flexibility index (Phi) is 6.10. The van der Waals surface area contributed by atoms with Gasteiger partial charge in [-0.25, -0.2) is 0 Å². The summed E-state index contributed by atoms with van der Waals surface area (Å²) in [6, 6.07) is 8.24. The summed E-state index contributed by atoms with van der Waals surface area (Å²) in [6.45, 7) is 5.04. The lowest BCUT2D eigenvalue weighted by atomic mass is 9.91. The predicted molar refractivity (Wildman–Crippen MR) is 95.4 cm³/mol. The van der Waals surface area contributed by atoms with Crippen molar-refractivity contribution >= 4 is 5.91 Å². The number of aliphatic hydroxyl groups excluding tert-OH is 1. The van der Waals surface area contributed by atoms with Crippen molar-refractivity contribution in [3.63, 3.8) is 0 Å². The van der Waals surface area contributed by atoms with E-state index in [2.05, 4.69) is 25.1 Å². The van der Waals surface area contributed by atoms with Crippen LogP contribution in [0.3, 0.4) is 0 Å². The van der Waals surface area contributed by atoms with E-state index in [0.29, 0.717) is 38.5 Å². The summed E-state index contributed by atoms with van der Waals surface area (Å²) in [6.07, 6.45) is 3.12. The number of amides is 1. The first kappa shape index (κ1) is 18.4. The van der Waals surface area contributed by atoms with Gasteiger partial charge in [-0.1, -0.05) is 29.8 Å². The van der Waals surface area contributed by atoms with Gasteiger partial charge in [-0.2, -0.15) is 0 Å². The van der Waals surface area contributed by atoms with Gasteiger partial charge in [0.1, 0.15) is 5.60 Å². The standard InChI is InChI=1S/C20H29NO4/c1-16-3-2-4-18(11-16)13-20(15-22)14-21(7-10-25-20)19(23)12-17-5-8-24-9-6-17/h2-4,11,17,22H,5-10,12-15H2,1H3/t20-/m0/s1. The first-order chi connectivity index (χ1) is 12.1. The summed E-state index contributed by atoms with van der Waals surface area (Å²) >= 11 is 0. The summed E-state index contributed by atoms with van der Waals surface area (Å²) in [5.74, 6) is 0.599. The third kappa shape index (κ3) is 4.81. The number of aliphatic hydroxyl groups is 1. The number of ether oxygens (including phenoxy) is 2. The molecule has 2 saturated heterocycles. The molecule has 2 aliphatic heterocycles. The number of benzene rings is 1. The Balaban J connectivity index is 1.63. The molecule has 0 aromatic heterocycles. The lowest BCUT2D eigenvalue weighted by Crippen LogP contribution is -2.57. The minimum absolute atomic E-state index is 0.0814. The van der Waals surface area contributed by atoms with Crippen molar-refractivity contribution in [1.82, 2.24) is 4.90 Å². The molecule has 5 nitrogen and oxygen atoms in total. The molecule has 0 aliphatic carbocycles. The molecule has 138 valence electrons. The molecule has 2 heterocycles. The number of hydrogen-bond acceptors (Lipinski definition) is 4. The highest BCUT2D eigenvalue weighted by Gasteiger charge is 2.38. The number of aryl methyl sites for hydroxylation is 1. The van der Waals surface area contributed by atoms with Crippen molar-refractivity contribution < 1.29 is 19.4 Å². The van der Waals surface area contributed by atoms with Crippen LogP contribution in [0.4, 0.5) is 0 Å². The molecule has 1 amide bonds. The molecule has 1 atom stereocenters. The van der Waals surface area contributed by atoms with E-state index in [9.17, 15) is 9.90 Å². The number of hydrogen-bond donors (Lipinski definition) is 1. The maximum atomic E-state index is 12.7. The van der Waals surface area contributed by atoms with Crippen LogP contribution in [-0.4, -0.2) is 61.0 Å². The zero-order valence-electron chi connectivity index (χ0n) is 15.1. The summed E-state index contributed by atoms with van der Waals surface area (Å²) in [5.41, 5.74) is 1.62. The van der Waals surface area contributed by atoms with Crippen molar-refractivity contribution in [1.29, 1.82) is 0 Å². The van der Waals surface area contributed by atoms with Crippen LogP contribution in [0.25, 0.3) is 0 Å². The van der Waals surface area contributed by atoms with E-state index >= 15 is 0 Å². The summed E-state index contributed by atoms with van der Waals surface area (Å²) in [5, 5.41) is 10.0. The molecule has 5 heteroatoms. The second-order valence-electron chi connectivity index (χ2n) is 7.43. The van der Waals surface area contributed by atoms with Crippen molar-refractivity contribution in [2.24, 2.45) is 5.92 Å². The fraction of sp³-hybridized carbons (Fsp3) is 0.650. The molecule has 0 saturated carbocycles. The number of carbonyl (C=O) groups is 1. The van der Waals surface area contributed by atoms with E-state index in [1.54, 1.807) is 0 Å². The maximum Gasteiger partial charge on any atom is 0.223 e. The minimum atomic E-state index is -0.697. The summed E-state index contributed by atoms with van der Waals surface area (Å²) < 4.78 is 11.3. The Bertz CT molecular complexity index is 585. The van der Waals surface area contributed by atoms with Crippen molar-refractivity contribution in [3.8, 4) is 0 Å². The van der Waals surface area contributed by atoms with E-state index in [-0.39, 0.29) is 12.5 Å². The SMILES string of the molecule is Cc1cccc(C[C@@]2(CO)CN(C(=O)CC3CCOCC3)CCO2)c1. The topological polar surface area (TPSA) is 59.0 Å². The number of rotatable bonds is 5. The smallest absolute Gasteiger partial charge is 0.223 e. The highest BCUT2D eigenvalue weighted by molar-refractivity contribution is 5.76. The largest absolute Gasteiger partial charge is 0.393 e. The molecule has 0 radical (unpaired) electrons. The lowest BCUT2D eigenvalue weighted by molar-refractivity contribution is -0.159. The number of morpholine rings is 1. The van der Waals surface area contributed by atoms with E-state index in [0.717, 1.165) is 31.6 Å². The van der Waals surface area contributed by atoms with Gasteiger partial charge in [0.2, 0.25) is 5.91 Å². The van der Waals surface area contributed by atoms with Crippen LogP contribution in [-0.2, 0) is 20.7 Å². The van der Waals surface area contributed by atoms with Gasteiger partial charge in [0.25, 0.3) is 0 Å². The van der Waals surface area contributed by atoms with Crippen LogP contribution in [0.5, 0.6) is 0 Å². The van der Waals surface area contributed by atoms with Gasteiger partial charge >= 0.3 is 0 Å². The van der Waals surface area contributed by atoms with Crippen LogP contribution >= 0.6 is 0 Å². The van der Waals surface area contributed by atoms with E-state index < -0.39 is 5.60 Å². The number of nitrogens with zero attached hydrogens (tertiary/aromatic N) is 1. The van der Waals surface area contributed by atoms with Crippen molar-refractivity contribution in [2.75, 3.05) is 39.5 Å². The Morgan fingerprint density at radius 1 is 1.32 bits per heavy atom. The van der Waals surface area contributed by atoms with Gasteiger partial charge < -0.3 is 19.5 Å². The zero-order chi connectivity index (χ0) is 17.7. The van der Waals surface area contributed by atoms with Gasteiger partial charge in [-0.15, -0.1) is 0 Å². The van der Waals surface area contributed by atoms with Crippen LogP contribution < -0.4 is 0 Å². The predicted octanol–water partition coefficient (Wildman–Crippen LogP) is 1.94. The fourth-order valence-electron chi connectivity index (χ4n) is 3.84. The highest BCUT2D eigenvalue weighted by atomic mass is 16.5. The zero-order valence-corrected chi connectivity index (χ0v) is 15.1. The molecular weight excluding hydrogens is 318 g/mol. The Morgan fingerprint density at radius 3 is 2.84 bits per heavy atom. The summed E-state index contributed by atoms with van der Waals surface area (Å²) in [4.78, 5) is 14.6. The average molecular weight is 347 g/mol. The van der Waals surface area contributed by atoms with Crippen LogP contribution in [0, 0.1) is 12.8 Å². The second-order valence-corrected chi connectivity index (χ2v) is 7.43. The third-order valence-electron chi connectivity index (χ3n) is 5.30. The van der Waals surface area contributed by atoms with E-state index in [1.165, 1.54) is 5.56 Å². The highest BCUT2D eigenvalue weighted by Crippen LogP contribution is 2.26. The molecule has 25 heavy (non-hydrogen) atoms. The Hall–Kier alpha value is -1.43. The molecule has 1 aromatic carbocycles. The minimum Gasteiger partial charge on any atom is -0.393 e. The maximum absolute atomic E-state index is 12.7. The first-order valence-electron chi connectivity index (χ1n) is 9.26. The van der Waals surface area contributed by atoms with Gasteiger partial charge in [-0.3, -0.25) is 4.79 Å². The second kappa shape index (κ2) is 8.30. The monoisotopic (exact) mass is 347 g/mol. The fourth-order valence-corrected chi connectivity index (χ4v) is 3.84. The Labute approximate surface area is 149 Å². The quantitative estimate of drug-likeness (QED) is 0.884.